The van der Waals surface area contributed by atoms with Crippen molar-refractivity contribution in [2.75, 3.05) is 0 Å². The Kier molecular flexibility index (Phi) is 4.31. The molecule has 0 aliphatic rings. The lowest BCUT2D eigenvalue weighted by Crippen LogP contribution is -2.35. The zero-order chi connectivity index (χ0) is 14.6. The fourth-order valence-electron chi connectivity index (χ4n) is 2.19. The van der Waals surface area contributed by atoms with Gasteiger partial charge in [0.15, 0.2) is 5.78 Å². The molecule has 0 fully saturated rings. The molecular formula is C16H13BrN2O. The minimum absolute atomic E-state index is 0.161. The van der Waals surface area contributed by atoms with Gasteiger partial charge in [0.05, 0.1) is 6.07 Å². The van der Waals surface area contributed by atoms with Gasteiger partial charge in [-0.2, -0.15) is 5.26 Å². The summed E-state index contributed by atoms with van der Waals surface area (Å²) < 4.78 is 0.832. The summed E-state index contributed by atoms with van der Waals surface area (Å²) in [5.74, 6) is -0.161. The molecule has 100 valence electrons. The lowest BCUT2D eigenvalue weighted by molar-refractivity contribution is -0.120. The molecule has 0 N–H and O–H groups in total. The molecule has 20 heavy (non-hydrogen) atoms. The molecular weight excluding hydrogens is 316 g/mol. The number of hydrogen-bond acceptors (Lipinski definition) is 3. The van der Waals surface area contributed by atoms with Crippen LogP contribution in [0, 0.1) is 11.3 Å². The standard InChI is InChI=1S/C16H13BrN2O/c1-12(20)16(11-18,14-5-3-2-4-6-14)8-13-7-15(17)10-19-9-13/h2-7,9-10H,8H2,1H3. The predicted molar refractivity (Wildman–Crippen MR) is 80.1 cm³/mol. The number of rotatable bonds is 4. The molecule has 0 saturated carbocycles. The van der Waals surface area contributed by atoms with Crippen LogP contribution in [0.3, 0.4) is 0 Å². The molecule has 0 aliphatic carbocycles. The Morgan fingerprint density at radius 2 is 2.05 bits per heavy atom. The Labute approximate surface area is 126 Å². The van der Waals surface area contributed by atoms with Crippen LogP contribution in [0.15, 0.2) is 53.3 Å². The number of halogens is 1. The Balaban J connectivity index is 2.49. The third kappa shape index (κ3) is 2.78. The van der Waals surface area contributed by atoms with Gasteiger partial charge in [-0.25, -0.2) is 0 Å². The molecule has 0 saturated heterocycles. The van der Waals surface area contributed by atoms with Crippen LogP contribution in [0.2, 0.25) is 0 Å². The van der Waals surface area contributed by atoms with Crippen molar-refractivity contribution in [1.82, 2.24) is 4.98 Å². The van der Waals surface area contributed by atoms with Gasteiger partial charge in [-0.1, -0.05) is 30.3 Å². The van der Waals surface area contributed by atoms with Gasteiger partial charge in [0.1, 0.15) is 5.41 Å². The van der Waals surface area contributed by atoms with E-state index in [4.69, 9.17) is 0 Å². The van der Waals surface area contributed by atoms with Crippen molar-refractivity contribution < 1.29 is 4.79 Å². The molecule has 0 amide bonds. The molecule has 2 rings (SSSR count). The first-order chi connectivity index (χ1) is 9.58. The van der Waals surface area contributed by atoms with Crippen molar-refractivity contribution in [3.05, 3.63) is 64.4 Å². The Hall–Kier alpha value is -1.99. The van der Waals surface area contributed by atoms with E-state index in [1.807, 2.05) is 36.4 Å². The normalized spacial score (nSPS) is 13.2. The SMILES string of the molecule is CC(=O)C(C#N)(Cc1cncc(Br)c1)c1ccccc1. The molecule has 0 radical (unpaired) electrons. The number of nitriles is 1. The Morgan fingerprint density at radius 3 is 2.60 bits per heavy atom. The van der Waals surface area contributed by atoms with Crippen molar-refractivity contribution >= 4 is 21.7 Å². The topological polar surface area (TPSA) is 53.8 Å². The number of hydrogen-bond donors (Lipinski definition) is 0. The first kappa shape index (κ1) is 14.4. The third-order valence-electron chi connectivity index (χ3n) is 3.29. The summed E-state index contributed by atoms with van der Waals surface area (Å²) in [6.45, 7) is 1.46. The fourth-order valence-corrected chi connectivity index (χ4v) is 2.61. The van der Waals surface area contributed by atoms with Crippen LogP contribution in [0.4, 0.5) is 0 Å². The van der Waals surface area contributed by atoms with E-state index in [1.165, 1.54) is 6.92 Å². The van der Waals surface area contributed by atoms with Crippen molar-refractivity contribution in [2.24, 2.45) is 0 Å². The van der Waals surface area contributed by atoms with Crippen molar-refractivity contribution in [3.63, 3.8) is 0 Å². The second-order valence-corrected chi connectivity index (χ2v) is 5.54. The number of carbonyl (C=O) groups is 1. The average Bonchev–Trinajstić information content (AvgIpc) is 2.45. The van der Waals surface area contributed by atoms with Gasteiger partial charge in [0.25, 0.3) is 0 Å². The first-order valence-corrected chi connectivity index (χ1v) is 6.95. The van der Waals surface area contributed by atoms with E-state index in [2.05, 4.69) is 27.0 Å². The van der Waals surface area contributed by atoms with Gasteiger partial charge >= 0.3 is 0 Å². The van der Waals surface area contributed by atoms with Crippen LogP contribution in [0.1, 0.15) is 18.1 Å². The highest BCUT2D eigenvalue weighted by molar-refractivity contribution is 9.10. The van der Waals surface area contributed by atoms with Crippen LogP contribution < -0.4 is 0 Å². The largest absolute Gasteiger partial charge is 0.298 e. The molecule has 1 aromatic carbocycles. The van der Waals surface area contributed by atoms with Crippen LogP contribution in [-0.2, 0) is 16.6 Å². The maximum absolute atomic E-state index is 12.1. The summed E-state index contributed by atoms with van der Waals surface area (Å²) in [5, 5.41) is 9.63. The van der Waals surface area contributed by atoms with E-state index in [-0.39, 0.29) is 5.78 Å². The summed E-state index contributed by atoms with van der Waals surface area (Å²) in [4.78, 5) is 16.2. The fraction of sp³-hybridized carbons (Fsp3) is 0.188. The van der Waals surface area contributed by atoms with Crippen molar-refractivity contribution in [2.45, 2.75) is 18.8 Å². The quantitative estimate of drug-likeness (QED) is 0.863. The minimum atomic E-state index is -1.16. The zero-order valence-corrected chi connectivity index (χ0v) is 12.6. The van der Waals surface area contributed by atoms with E-state index in [0.717, 1.165) is 15.6 Å². The molecule has 1 atom stereocenters. The van der Waals surface area contributed by atoms with Crippen molar-refractivity contribution in [1.29, 1.82) is 5.26 Å². The number of ketones is 1. The van der Waals surface area contributed by atoms with Gasteiger partial charge in [0.2, 0.25) is 0 Å². The molecule has 4 heteroatoms. The van der Waals surface area contributed by atoms with E-state index in [0.29, 0.717) is 6.42 Å². The smallest absolute Gasteiger partial charge is 0.154 e. The number of nitrogens with zero attached hydrogens (tertiary/aromatic N) is 2. The lowest BCUT2D eigenvalue weighted by Gasteiger charge is -2.24. The minimum Gasteiger partial charge on any atom is -0.298 e. The second-order valence-electron chi connectivity index (χ2n) is 4.63. The molecule has 0 bridgehead atoms. The number of carbonyl (C=O) groups excluding carboxylic acids is 1. The van der Waals surface area contributed by atoms with Crippen molar-refractivity contribution in [3.8, 4) is 6.07 Å². The highest BCUT2D eigenvalue weighted by Gasteiger charge is 2.37. The first-order valence-electron chi connectivity index (χ1n) is 6.16. The second kappa shape index (κ2) is 5.98. The van der Waals surface area contributed by atoms with Crippen LogP contribution in [0.5, 0.6) is 0 Å². The summed E-state index contributed by atoms with van der Waals surface area (Å²) >= 11 is 3.35. The van der Waals surface area contributed by atoms with E-state index in [1.54, 1.807) is 12.4 Å². The van der Waals surface area contributed by atoms with E-state index in [9.17, 15) is 10.1 Å². The van der Waals surface area contributed by atoms with E-state index < -0.39 is 5.41 Å². The molecule has 1 heterocycles. The highest BCUT2D eigenvalue weighted by atomic mass is 79.9. The van der Waals surface area contributed by atoms with Gasteiger partial charge < -0.3 is 0 Å². The summed E-state index contributed by atoms with van der Waals surface area (Å²) in [7, 11) is 0. The van der Waals surface area contributed by atoms with Crippen LogP contribution in [-0.4, -0.2) is 10.8 Å². The monoisotopic (exact) mass is 328 g/mol. The number of Topliss-reactive ketones (excluding diaryl/α,β-unsaturated/α-hetero) is 1. The van der Waals surface area contributed by atoms with Gasteiger partial charge in [-0.05, 0) is 40.0 Å². The third-order valence-corrected chi connectivity index (χ3v) is 3.72. The number of benzene rings is 1. The summed E-state index contributed by atoms with van der Waals surface area (Å²) in [6, 6.07) is 13.3. The van der Waals surface area contributed by atoms with E-state index >= 15 is 0 Å². The van der Waals surface area contributed by atoms with Gasteiger partial charge in [-0.3, -0.25) is 9.78 Å². The predicted octanol–water partition coefficient (Wildman–Crippen LogP) is 3.44. The molecule has 3 nitrogen and oxygen atoms in total. The summed E-state index contributed by atoms with van der Waals surface area (Å²) in [5.41, 5.74) is 0.402. The Bertz CT molecular complexity index is 664. The van der Waals surface area contributed by atoms with Gasteiger partial charge in [0, 0.05) is 23.3 Å². The maximum atomic E-state index is 12.1. The van der Waals surface area contributed by atoms with Gasteiger partial charge in [-0.15, -0.1) is 0 Å². The highest BCUT2D eigenvalue weighted by Crippen LogP contribution is 2.29. The molecule has 0 spiro atoms. The van der Waals surface area contributed by atoms with Crippen LogP contribution in [0.25, 0.3) is 0 Å². The molecule has 1 aromatic heterocycles. The molecule has 2 aromatic rings. The zero-order valence-electron chi connectivity index (χ0n) is 11.0. The molecule has 0 aliphatic heterocycles. The maximum Gasteiger partial charge on any atom is 0.154 e. The average molecular weight is 329 g/mol. The molecule has 1 unspecified atom stereocenters. The van der Waals surface area contributed by atoms with Crippen LogP contribution >= 0.6 is 15.9 Å². The lowest BCUT2D eigenvalue weighted by atomic mass is 9.74. The summed E-state index contributed by atoms with van der Waals surface area (Å²) in [6.07, 6.45) is 3.67. The number of pyridine rings is 1. The Morgan fingerprint density at radius 1 is 1.35 bits per heavy atom. The number of aromatic nitrogens is 1.